The number of hydrogen-bond donors (Lipinski definition) is 1. The summed E-state index contributed by atoms with van der Waals surface area (Å²) in [7, 11) is 0. The molecule has 23 heavy (non-hydrogen) atoms. The Morgan fingerprint density at radius 3 is 2.52 bits per heavy atom. The van der Waals surface area contributed by atoms with E-state index in [-0.39, 0.29) is 6.04 Å². The normalized spacial score (nSPS) is 24.9. The Balaban J connectivity index is 1.79. The number of rotatable bonds is 2. The Bertz CT molecular complexity index is 770. The molecular formula is C19H17Cl2NS. The molecular weight excluding hydrogens is 345 g/mol. The minimum atomic E-state index is 0.259. The summed E-state index contributed by atoms with van der Waals surface area (Å²) in [5.74, 6) is 0.821. The van der Waals surface area contributed by atoms with E-state index in [9.17, 15) is 0 Å². The first kappa shape index (κ1) is 15.4. The van der Waals surface area contributed by atoms with E-state index in [1.54, 1.807) is 11.8 Å². The third-order valence-corrected chi connectivity index (χ3v) is 6.28. The zero-order valence-corrected chi connectivity index (χ0v) is 15.1. The van der Waals surface area contributed by atoms with Gasteiger partial charge in [-0.15, -0.1) is 11.8 Å². The van der Waals surface area contributed by atoms with E-state index in [1.807, 2.05) is 12.1 Å². The molecule has 2 aliphatic rings. The fourth-order valence-corrected chi connectivity index (χ4v) is 4.68. The molecule has 2 aromatic carbocycles. The van der Waals surface area contributed by atoms with Crippen molar-refractivity contribution in [3.05, 3.63) is 69.7 Å². The highest BCUT2D eigenvalue weighted by atomic mass is 35.5. The fourth-order valence-electron chi connectivity index (χ4n) is 3.77. The fraction of sp³-hybridized carbons (Fsp3) is 0.263. The number of hydrogen-bond acceptors (Lipinski definition) is 2. The van der Waals surface area contributed by atoms with Gasteiger partial charge in [-0.1, -0.05) is 47.5 Å². The lowest BCUT2D eigenvalue weighted by molar-refractivity contribution is 0.425. The van der Waals surface area contributed by atoms with Crippen molar-refractivity contribution >= 4 is 40.7 Å². The van der Waals surface area contributed by atoms with Crippen molar-refractivity contribution in [1.29, 1.82) is 0 Å². The predicted octanol–water partition coefficient (Wildman–Crippen LogP) is 6.54. The minimum Gasteiger partial charge on any atom is -0.376 e. The van der Waals surface area contributed by atoms with Gasteiger partial charge in [0.2, 0.25) is 0 Å². The summed E-state index contributed by atoms with van der Waals surface area (Å²) in [5.41, 5.74) is 3.45. The number of halogens is 2. The van der Waals surface area contributed by atoms with Crippen LogP contribution in [0.4, 0.5) is 5.69 Å². The molecule has 1 aliphatic heterocycles. The summed E-state index contributed by atoms with van der Waals surface area (Å²) in [6, 6.07) is 12.9. The van der Waals surface area contributed by atoms with E-state index in [1.165, 1.54) is 10.5 Å². The summed E-state index contributed by atoms with van der Waals surface area (Å²) in [5, 5.41) is 5.21. The van der Waals surface area contributed by atoms with Crippen LogP contribution >= 0.6 is 35.0 Å². The summed E-state index contributed by atoms with van der Waals surface area (Å²) in [4.78, 5) is 1.28. The van der Waals surface area contributed by atoms with Crippen molar-refractivity contribution in [2.75, 3.05) is 11.6 Å². The largest absolute Gasteiger partial charge is 0.376 e. The molecule has 0 bridgehead atoms. The van der Waals surface area contributed by atoms with Crippen LogP contribution in [-0.4, -0.2) is 6.26 Å². The predicted molar refractivity (Wildman–Crippen MR) is 101 cm³/mol. The Labute approximate surface area is 151 Å². The molecule has 3 atom stereocenters. The quantitative estimate of drug-likeness (QED) is 0.481. The second-order valence-corrected chi connectivity index (χ2v) is 7.76. The van der Waals surface area contributed by atoms with Gasteiger partial charge < -0.3 is 5.32 Å². The van der Waals surface area contributed by atoms with Gasteiger partial charge in [-0.25, -0.2) is 0 Å². The molecule has 2 aromatic rings. The first-order chi connectivity index (χ1) is 11.2. The Hall–Kier alpha value is -1.09. The maximum Gasteiger partial charge on any atom is 0.0641 e. The first-order valence-corrected chi connectivity index (χ1v) is 9.72. The van der Waals surface area contributed by atoms with Gasteiger partial charge in [0.25, 0.3) is 0 Å². The van der Waals surface area contributed by atoms with Crippen LogP contribution in [0.2, 0.25) is 10.0 Å². The molecule has 1 nitrogen and oxygen atoms in total. The molecule has 1 heterocycles. The van der Waals surface area contributed by atoms with E-state index in [4.69, 9.17) is 23.2 Å². The molecule has 1 N–H and O–H groups in total. The van der Waals surface area contributed by atoms with Crippen molar-refractivity contribution < 1.29 is 0 Å². The number of fused-ring (bicyclic) bond motifs is 3. The number of benzene rings is 2. The average molecular weight is 362 g/mol. The van der Waals surface area contributed by atoms with E-state index in [2.05, 4.69) is 48.0 Å². The van der Waals surface area contributed by atoms with Crippen molar-refractivity contribution in [3.8, 4) is 0 Å². The number of anilines is 1. The van der Waals surface area contributed by atoms with Gasteiger partial charge in [-0.3, -0.25) is 0 Å². The second kappa shape index (κ2) is 6.08. The highest BCUT2D eigenvalue weighted by Crippen LogP contribution is 2.53. The molecule has 0 aromatic heterocycles. The summed E-state index contributed by atoms with van der Waals surface area (Å²) in [6.45, 7) is 0. The molecule has 1 aliphatic carbocycles. The lowest BCUT2D eigenvalue weighted by Gasteiger charge is -2.38. The highest BCUT2D eigenvalue weighted by Gasteiger charge is 2.39. The van der Waals surface area contributed by atoms with Crippen LogP contribution in [-0.2, 0) is 0 Å². The van der Waals surface area contributed by atoms with Crippen LogP contribution in [0.1, 0.15) is 29.5 Å². The molecule has 0 saturated heterocycles. The van der Waals surface area contributed by atoms with E-state index in [0.29, 0.717) is 11.8 Å². The maximum absolute atomic E-state index is 6.48. The van der Waals surface area contributed by atoms with Gasteiger partial charge in [0.15, 0.2) is 0 Å². The van der Waals surface area contributed by atoms with Crippen molar-refractivity contribution in [2.45, 2.75) is 23.3 Å². The zero-order chi connectivity index (χ0) is 16.0. The highest BCUT2D eigenvalue weighted by molar-refractivity contribution is 7.98. The molecule has 4 rings (SSSR count). The van der Waals surface area contributed by atoms with Gasteiger partial charge in [-0.2, -0.15) is 0 Å². The number of allylic oxidation sites excluding steroid dienone is 2. The van der Waals surface area contributed by atoms with Crippen LogP contribution < -0.4 is 5.32 Å². The standard InChI is InChI=1S/C19H17Cl2NS/c1-23-12-7-5-11(6-8-12)18-14-4-2-3-13(14)17-15(20)9-10-16(21)19(17)22-18/h2-3,5-10,13-14,18,22H,4H2,1H3. The minimum absolute atomic E-state index is 0.259. The lowest BCUT2D eigenvalue weighted by atomic mass is 9.77. The SMILES string of the molecule is CSc1ccc(C2Nc3c(Cl)ccc(Cl)c3C3C=CCC32)cc1. The van der Waals surface area contributed by atoms with Crippen molar-refractivity contribution in [2.24, 2.45) is 5.92 Å². The lowest BCUT2D eigenvalue weighted by Crippen LogP contribution is -2.29. The zero-order valence-electron chi connectivity index (χ0n) is 12.7. The van der Waals surface area contributed by atoms with E-state index >= 15 is 0 Å². The third-order valence-electron chi connectivity index (χ3n) is 4.89. The van der Waals surface area contributed by atoms with Crippen LogP contribution in [0.15, 0.2) is 53.4 Å². The maximum atomic E-state index is 6.48. The Morgan fingerprint density at radius 2 is 1.78 bits per heavy atom. The summed E-state index contributed by atoms with van der Waals surface area (Å²) < 4.78 is 0. The summed E-state index contributed by atoms with van der Waals surface area (Å²) in [6.07, 6.45) is 7.72. The van der Waals surface area contributed by atoms with Crippen LogP contribution in [0.3, 0.4) is 0 Å². The molecule has 0 spiro atoms. The van der Waals surface area contributed by atoms with Gasteiger partial charge in [0.1, 0.15) is 0 Å². The third kappa shape index (κ3) is 2.57. The summed E-state index contributed by atoms with van der Waals surface area (Å²) >= 11 is 14.7. The van der Waals surface area contributed by atoms with E-state index < -0.39 is 0 Å². The monoisotopic (exact) mass is 361 g/mol. The molecule has 0 fully saturated rings. The molecule has 0 radical (unpaired) electrons. The van der Waals surface area contributed by atoms with Crippen LogP contribution in [0.25, 0.3) is 0 Å². The molecule has 3 unspecified atom stereocenters. The Morgan fingerprint density at radius 1 is 1.04 bits per heavy atom. The van der Waals surface area contributed by atoms with Gasteiger partial charge in [0.05, 0.1) is 16.8 Å². The molecule has 0 amide bonds. The van der Waals surface area contributed by atoms with Crippen molar-refractivity contribution in [3.63, 3.8) is 0 Å². The van der Waals surface area contributed by atoms with Gasteiger partial charge in [0, 0.05) is 21.4 Å². The number of thioether (sulfide) groups is 1. The average Bonchev–Trinajstić information content (AvgIpc) is 3.07. The smallest absolute Gasteiger partial charge is 0.0641 e. The van der Waals surface area contributed by atoms with Crippen LogP contribution in [0.5, 0.6) is 0 Å². The van der Waals surface area contributed by atoms with Crippen molar-refractivity contribution in [1.82, 2.24) is 0 Å². The molecule has 0 saturated carbocycles. The van der Waals surface area contributed by atoms with E-state index in [0.717, 1.165) is 27.7 Å². The topological polar surface area (TPSA) is 12.0 Å². The molecule has 4 heteroatoms. The first-order valence-electron chi connectivity index (χ1n) is 7.74. The second-order valence-electron chi connectivity index (χ2n) is 6.07. The van der Waals surface area contributed by atoms with Gasteiger partial charge >= 0.3 is 0 Å². The number of nitrogens with one attached hydrogen (secondary N) is 1. The molecule has 118 valence electrons. The van der Waals surface area contributed by atoms with Gasteiger partial charge in [-0.05, 0) is 48.4 Å². The van der Waals surface area contributed by atoms with Crippen LogP contribution in [0, 0.1) is 5.92 Å². The Kier molecular flexibility index (Phi) is 4.08.